The van der Waals surface area contributed by atoms with E-state index in [0.717, 1.165) is 31.5 Å². The third-order valence-corrected chi connectivity index (χ3v) is 5.65. The molecule has 1 heterocycles. The largest absolute Gasteiger partial charge is 0.417 e. The van der Waals surface area contributed by atoms with Crippen molar-refractivity contribution in [2.45, 2.75) is 38.0 Å². The monoisotopic (exact) mass is 428 g/mol. The molecule has 8 heteroatoms. The van der Waals surface area contributed by atoms with E-state index in [2.05, 4.69) is 17.1 Å². The Kier molecular flexibility index (Phi) is 6.49. The number of halogens is 5. The fourth-order valence-electron chi connectivity index (χ4n) is 3.64. The fourth-order valence-corrected chi connectivity index (χ4v) is 3.96. The lowest BCUT2D eigenvalue weighted by atomic mass is 10.0. The van der Waals surface area contributed by atoms with Gasteiger partial charge in [-0.3, -0.25) is 9.69 Å². The predicted octanol–water partition coefficient (Wildman–Crippen LogP) is 5.45. The lowest BCUT2D eigenvalue weighted by Crippen LogP contribution is -2.40. The van der Waals surface area contributed by atoms with E-state index in [1.54, 1.807) is 18.2 Å². The lowest BCUT2D eigenvalue weighted by Gasteiger charge is -2.28. The van der Waals surface area contributed by atoms with Crippen LogP contribution in [0.25, 0.3) is 0 Å². The van der Waals surface area contributed by atoms with Crippen LogP contribution >= 0.6 is 11.6 Å². The average Bonchev–Trinajstić information content (AvgIpc) is 3.05. The first-order valence-electron chi connectivity index (χ1n) is 9.33. The molecule has 3 rings (SSSR count). The number of hydrogen-bond acceptors (Lipinski definition) is 2. The van der Waals surface area contributed by atoms with Gasteiger partial charge in [0.2, 0.25) is 0 Å². The number of nitrogens with one attached hydrogen (secondary N) is 1. The zero-order valence-electron chi connectivity index (χ0n) is 15.8. The van der Waals surface area contributed by atoms with E-state index in [9.17, 15) is 22.4 Å². The van der Waals surface area contributed by atoms with Crippen molar-refractivity contribution in [1.29, 1.82) is 0 Å². The first-order chi connectivity index (χ1) is 13.7. The zero-order valence-corrected chi connectivity index (χ0v) is 16.5. The highest BCUT2D eigenvalue weighted by Crippen LogP contribution is 2.36. The van der Waals surface area contributed by atoms with Crippen molar-refractivity contribution in [3.05, 3.63) is 70.0 Å². The van der Waals surface area contributed by atoms with Gasteiger partial charge < -0.3 is 5.32 Å². The molecule has 2 aromatic carbocycles. The summed E-state index contributed by atoms with van der Waals surface area (Å²) in [7, 11) is 0. The first kappa shape index (κ1) is 21.6. The maximum Gasteiger partial charge on any atom is 0.417 e. The summed E-state index contributed by atoms with van der Waals surface area (Å²) in [6.07, 6.45) is -2.68. The van der Waals surface area contributed by atoms with Gasteiger partial charge in [-0.2, -0.15) is 13.2 Å². The molecule has 1 aliphatic heterocycles. The Morgan fingerprint density at radius 3 is 2.59 bits per heavy atom. The number of carbonyl (C=O) groups is 1. The van der Waals surface area contributed by atoms with Gasteiger partial charge in [0, 0.05) is 18.2 Å². The molecule has 0 aliphatic carbocycles. The van der Waals surface area contributed by atoms with Crippen LogP contribution in [0.3, 0.4) is 0 Å². The van der Waals surface area contributed by atoms with E-state index in [1.165, 1.54) is 12.1 Å². The molecule has 2 atom stereocenters. The van der Waals surface area contributed by atoms with Crippen molar-refractivity contribution in [3.8, 4) is 0 Å². The van der Waals surface area contributed by atoms with Gasteiger partial charge in [0.25, 0.3) is 5.91 Å². The molecule has 29 heavy (non-hydrogen) atoms. The van der Waals surface area contributed by atoms with Crippen LogP contribution in [0.5, 0.6) is 0 Å². The molecular weight excluding hydrogens is 408 g/mol. The maximum absolute atomic E-state index is 14.4. The Balaban J connectivity index is 1.90. The van der Waals surface area contributed by atoms with Crippen molar-refractivity contribution >= 4 is 17.5 Å². The van der Waals surface area contributed by atoms with E-state index < -0.39 is 34.5 Å². The van der Waals surface area contributed by atoms with Crippen LogP contribution in [-0.2, 0) is 6.18 Å². The minimum absolute atomic E-state index is 0.276. The first-order valence-corrected chi connectivity index (χ1v) is 9.71. The Labute approximate surface area is 171 Å². The minimum atomic E-state index is -4.68. The van der Waals surface area contributed by atoms with Crippen LogP contribution < -0.4 is 5.32 Å². The molecule has 0 bridgehead atoms. The van der Waals surface area contributed by atoms with Gasteiger partial charge in [0.15, 0.2) is 0 Å². The summed E-state index contributed by atoms with van der Waals surface area (Å²) >= 11 is 5.88. The van der Waals surface area contributed by atoms with E-state index in [4.69, 9.17) is 11.6 Å². The summed E-state index contributed by atoms with van der Waals surface area (Å²) < 4.78 is 53.8. The van der Waals surface area contributed by atoms with E-state index in [-0.39, 0.29) is 17.2 Å². The van der Waals surface area contributed by atoms with Crippen molar-refractivity contribution in [1.82, 2.24) is 10.2 Å². The Bertz CT molecular complexity index is 887. The van der Waals surface area contributed by atoms with Gasteiger partial charge in [-0.05, 0) is 44.5 Å². The predicted molar refractivity (Wildman–Crippen MR) is 103 cm³/mol. The van der Waals surface area contributed by atoms with Crippen molar-refractivity contribution in [2.24, 2.45) is 0 Å². The normalized spacial score (nSPS) is 18.6. The average molecular weight is 429 g/mol. The quantitative estimate of drug-likeness (QED) is 0.642. The third kappa shape index (κ3) is 4.90. The molecule has 0 aromatic heterocycles. The van der Waals surface area contributed by atoms with E-state index >= 15 is 0 Å². The number of rotatable bonds is 5. The summed E-state index contributed by atoms with van der Waals surface area (Å²) in [6.45, 7) is 3.22. The van der Waals surface area contributed by atoms with Crippen LogP contribution in [0.1, 0.15) is 47.3 Å². The summed E-state index contributed by atoms with van der Waals surface area (Å²) in [5, 5.41) is 2.02. The Morgan fingerprint density at radius 1 is 1.24 bits per heavy atom. The maximum atomic E-state index is 14.4. The van der Waals surface area contributed by atoms with Crippen molar-refractivity contribution in [3.63, 3.8) is 0 Å². The SMILES string of the molecule is CC1CCCN1C[C@@H](NC(=O)c1cccc(C(F)(F)F)c1Cl)c1ccccc1F. The minimum Gasteiger partial charge on any atom is -0.344 e. The van der Waals surface area contributed by atoms with Gasteiger partial charge in [-0.25, -0.2) is 4.39 Å². The molecule has 2 aromatic rings. The summed E-state index contributed by atoms with van der Waals surface area (Å²) in [4.78, 5) is 14.9. The highest BCUT2D eigenvalue weighted by Gasteiger charge is 2.35. The smallest absolute Gasteiger partial charge is 0.344 e. The van der Waals surface area contributed by atoms with E-state index in [0.29, 0.717) is 6.54 Å². The Hall–Kier alpha value is -2.12. The molecule has 1 aliphatic rings. The highest BCUT2D eigenvalue weighted by atomic mass is 35.5. The number of hydrogen-bond donors (Lipinski definition) is 1. The van der Waals surface area contributed by atoms with Gasteiger partial charge in [-0.1, -0.05) is 35.9 Å². The third-order valence-electron chi connectivity index (χ3n) is 5.24. The van der Waals surface area contributed by atoms with Gasteiger partial charge in [0.1, 0.15) is 5.82 Å². The second-order valence-corrected chi connectivity index (χ2v) is 7.58. The molecule has 1 unspecified atom stereocenters. The molecular formula is C21H21ClF4N2O. The second-order valence-electron chi connectivity index (χ2n) is 7.20. The molecule has 1 saturated heterocycles. The highest BCUT2D eigenvalue weighted by molar-refractivity contribution is 6.34. The summed E-state index contributed by atoms with van der Waals surface area (Å²) in [5.41, 5.74) is -1.09. The number of likely N-dealkylation sites (tertiary alicyclic amines) is 1. The number of nitrogens with zero attached hydrogens (tertiary/aromatic N) is 1. The topological polar surface area (TPSA) is 32.3 Å². The number of benzene rings is 2. The fraction of sp³-hybridized carbons (Fsp3) is 0.381. The van der Waals surface area contributed by atoms with E-state index in [1.807, 2.05) is 0 Å². The molecule has 1 fully saturated rings. The van der Waals surface area contributed by atoms with Crippen LogP contribution in [0.15, 0.2) is 42.5 Å². The standard InChI is InChI=1S/C21H21ClF4N2O/c1-13-6-5-11-28(13)12-18(14-7-2-3-10-17(14)23)27-20(29)15-8-4-9-16(19(15)22)21(24,25)26/h2-4,7-10,13,18H,5-6,11-12H2,1H3,(H,27,29)/t13?,18-/m1/s1. The molecule has 0 radical (unpaired) electrons. The second kappa shape index (κ2) is 8.71. The molecule has 3 nitrogen and oxygen atoms in total. The van der Waals surface area contributed by atoms with Crippen LogP contribution in [0, 0.1) is 5.82 Å². The Morgan fingerprint density at radius 2 is 1.97 bits per heavy atom. The van der Waals surface area contributed by atoms with Crippen LogP contribution in [0.4, 0.5) is 17.6 Å². The molecule has 1 amide bonds. The van der Waals surface area contributed by atoms with Crippen molar-refractivity contribution in [2.75, 3.05) is 13.1 Å². The summed E-state index contributed by atoms with van der Waals surface area (Å²) in [6, 6.07) is 8.77. The zero-order chi connectivity index (χ0) is 21.2. The molecule has 0 saturated carbocycles. The molecule has 0 spiro atoms. The summed E-state index contributed by atoms with van der Waals surface area (Å²) in [5.74, 6) is -1.26. The van der Waals surface area contributed by atoms with Gasteiger partial charge >= 0.3 is 6.18 Å². The number of amides is 1. The van der Waals surface area contributed by atoms with Crippen LogP contribution in [-0.4, -0.2) is 29.9 Å². The molecule has 156 valence electrons. The van der Waals surface area contributed by atoms with Crippen LogP contribution in [0.2, 0.25) is 5.02 Å². The lowest BCUT2D eigenvalue weighted by molar-refractivity contribution is -0.137. The number of alkyl halides is 3. The van der Waals surface area contributed by atoms with Crippen molar-refractivity contribution < 1.29 is 22.4 Å². The number of carbonyl (C=O) groups excluding carboxylic acids is 1. The van der Waals surface area contributed by atoms with Gasteiger partial charge in [0.05, 0.1) is 22.2 Å². The van der Waals surface area contributed by atoms with Gasteiger partial charge in [-0.15, -0.1) is 0 Å². The molecule has 1 N–H and O–H groups in total.